The molecule has 1 heteroatoms. The highest BCUT2D eigenvalue weighted by Gasteiger charge is 1.80. The van der Waals surface area contributed by atoms with Crippen molar-refractivity contribution in [2.75, 3.05) is 0 Å². The minimum absolute atomic E-state index is 0.963. The van der Waals surface area contributed by atoms with E-state index in [4.69, 9.17) is 0 Å². The van der Waals surface area contributed by atoms with Crippen molar-refractivity contribution < 1.29 is 0 Å². The summed E-state index contributed by atoms with van der Waals surface area (Å²) in [6.45, 7) is 2.15. The van der Waals surface area contributed by atoms with E-state index in [2.05, 4.69) is 17.6 Å². The number of hydrogen-bond acceptors (Lipinski definition) is 1. The highest BCUT2D eigenvalue weighted by molar-refractivity contribution is 5.42. The van der Waals surface area contributed by atoms with Crippen LogP contribution in [-0.2, 0) is 0 Å². The van der Waals surface area contributed by atoms with Gasteiger partial charge in [-0.15, -0.1) is 5.73 Å². The molecule has 1 aromatic heterocycles. The summed E-state index contributed by atoms with van der Waals surface area (Å²) in [5, 5.41) is 0. The highest BCUT2D eigenvalue weighted by atomic mass is 14.6. The molecule has 62 valence electrons. The van der Waals surface area contributed by atoms with Crippen LogP contribution >= 0.6 is 0 Å². The average molecular weight is 159 g/mol. The smallest absolute Gasteiger partial charge is 0.0706 e. The molecule has 0 radical (unpaired) electrons. The molecule has 0 spiro atoms. The predicted molar refractivity (Wildman–Crippen MR) is 51.7 cm³/mol. The standard InChI is InChI=1S/C11H13N/c1-2-3-4-5-8-11-9-6-7-10-12-11/h4,6-10H,2-3H2,1H3. The number of aromatic nitrogens is 1. The van der Waals surface area contributed by atoms with E-state index in [1.807, 2.05) is 30.4 Å². The zero-order chi connectivity index (χ0) is 8.65. The first kappa shape index (κ1) is 8.76. The van der Waals surface area contributed by atoms with Crippen LogP contribution in [0.3, 0.4) is 0 Å². The summed E-state index contributed by atoms with van der Waals surface area (Å²) < 4.78 is 0. The van der Waals surface area contributed by atoms with Crippen LogP contribution in [0, 0.1) is 0 Å². The topological polar surface area (TPSA) is 12.9 Å². The van der Waals surface area contributed by atoms with Gasteiger partial charge < -0.3 is 0 Å². The van der Waals surface area contributed by atoms with E-state index in [1.165, 1.54) is 6.42 Å². The van der Waals surface area contributed by atoms with Crippen LogP contribution in [0.25, 0.3) is 6.08 Å². The molecule has 0 aliphatic heterocycles. The Kier molecular flexibility index (Phi) is 3.90. The summed E-state index contributed by atoms with van der Waals surface area (Å²) in [7, 11) is 0. The Bertz CT molecular complexity index is 268. The fourth-order valence-corrected chi connectivity index (χ4v) is 0.833. The summed E-state index contributed by atoms with van der Waals surface area (Å²) in [5.41, 5.74) is 4.05. The SMILES string of the molecule is CCCC=C=Cc1ccccn1. The molecule has 0 amide bonds. The van der Waals surface area contributed by atoms with Crippen molar-refractivity contribution in [1.29, 1.82) is 0 Å². The van der Waals surface area contributed by atoms with Gasteiger partial charge in [0, 0.05) is 12.3 Å². The molecule has 0 atom stereocenters. The van der Waals surface area contributed by atoms with E-state index in [-0.39, 0.29) is 0 Å². The van der Waals surface area contributed by atoms with Gasteiger partial charge in [0.05, 0.1) is 5.69 Å². The maximum atomic E-state index is 4.14. The number of allylic oxidation sites excluding steroid dienone is 1. The molecule has 0 bridgehead atoms. The Morgan fingerprint density at radius 2 is 2.42 bits per heavy atom. The quantitative estimate of drug-likeness (QED) is 0.618. The number of pyridine rings is 1. The monoisotopic (exact) mass is 159 g/mol. The maximum Gasteiger partial charge on any atom is 0.0706 e. The third kappa shape index (κ3) is 3.18. The van der Waals surface area contributed by atoms with E-state index < -0.39 is 0 Å². The summed E-state index contributed by atoms with van der Waals surface area (Å²) in [5.74, 6) is 0. The molecule has 0 fully saturated rings. The van der Waals surface area contributed by atoms with Gasteiger partial charge in [-0.25, -0.2) is 0 Å². The van der Waals surface area contributed by atoms with Gasteiger partial charge in [0.25, 0.3) is 0 Å². The van der Waals surface area contributed by atoms with Gasteiger partial charge >= 0.3 is 0 Å². The second-order valence-electron chi connectivity index (χ2n) is 2.56. The fraction of sp³-hybridized carbons (Fsp3) is 0.273. The largest absolute Gasteiger partial charge is 0.256 e. The maximum absolute atomic E-state index is 4.14. The first-order chi connectivity index (χ1) is 5.93. The third-order valence-electron chi connectivity index (χ3n) is 1.47. The Labute approximate surface area is 73.5 Å². The van der Waals surface area contributed by atoms with Crippen LogP contribution < -0.4 is 0 Å². The van der Waals surface area contributed by atoms with Crippen molar-refractivity contribution in [2.24, 2.45) is 0 Å². The summed E-state index contributed by atoms with van der Waals surface area (Å²) in [6.07, 6.45) is 7.98. The van der Waals surface area contributed by atoms with E-state index in [9.17, 15) is 0 Å². The molecule has 0 aliphatic rings. The molecule has 0 unspecified atom stereocenters. The molecule has 0 N–H and O–H groups in total. The van der Waals surface area contributed by atoms with Crippen LogP contribution in [0.15, 0.2) is 36.2 Å². The molecule has 1 nitrogen and oxygen atoms in total. The Hall–Kier alpha value is -1.33. The Morgan fingerprint density at radius 1 is 1.50 bits per heavy atom. The lowest BCUT2D eigenvalue weighted by Gasteiger charge is -1.85. The number of unbranched alkanes of at least 4 members (excludes halogenated alkanes) is 1. The predicted octanol–water partition coefficient (Wildman–Crippen LogP) is 3.05. The van der Waals surface area contributed by atoms with Crippen LogP contribution in [-0.4, -0.2) is 4.98 Å². The average Bonchev–Trinajstić information content (AvgIpc) is 2.14. The minimum Gasteiger partial charge on any atom is -0.256 e. The van der Waals surface area contributed by atoms with Crippen molar-refractivity contribution in [2.45, 2.75) is 19.8 Å². The van der Waals surface area contributed by atoms with Gasteiger partial charge in [0.1, 0.15) is 0 Å². The molecule has 0 aromatic carbocycles. The van der Waals surface area contributed by atoms with Crippen molar-refractivity contribution in [3.63, 3.8) is 0 Å². The lowest BCUT2D eigenvalue weighted by Crippen LogP contribution is -1.74. The van der Waals surface area contributed by atoms with Crippen molar-refractivity contribution >= 4 is 6.08 Å². The number of rotatable bonds is 3. The van der Waals surface area contributed by atoms with Gasteiger partial charge in [0.2, 0.25) is 0 Å². The van der Waals surface area contributed by atoms with Gasteiger partial charge in [0.15, 0.2) is 0 Å². The van der Waals surface area contributed by atoms with Crippen LogP contribution in [0.1, 0.15) is 25.5 Å². The van der Waals surface area contributed by atoms with E-state index >= 15 is 0 Å². The highest BCUT2D eigenvalue weighted by Crippen LogP contribution is 1.95. The van der Waals surface area contributed by atoms with Gasteiger partial charge in [-0.3, -0.25) is 4.98 Å². The number of nitrogens with zero attached hydrogens (tertiary/aromatic N) is 1. The Morgan fingerprint density at radius 3 is 3.08 bits per heavy atom. The first-order valence-corrected chi connectivity index (χ1v) is 4.25. The van der Waals surface area contributed by atoms with Gasteiger partial charge in [-0.05, 0) is 24.6 Å². The van der Waals surface area contributed by atoms with Crippen LogP contribution in [0.5, 0.6) is 0 Å². The molecule has 12 heavy (non-hydrogen) atoms. The summed E-state index contributed by atoms with van der Waals surface area (Å²) in [4.78, 5) is 4.14. The molecule has 1 heterocycles. The molecule has 0 aliphatic carbocycles. The minimum atomic E-state index is 0.963. The van der Waals surface area contributed by atoms with Crippen molar-refractivity contribution in [3.8, 4) is 0 Å². The molecular formula is C11H13N. The summed E-state index contributed by atoms with van der Waals surface area (Å²) >= 11 is 0. The lowest BCUT2D eigenvalue weighted by molar-refractivity contribution is 0.960. The van der Waals surface area contributed by atoms with E-state index in [1.54, 1.807) is 6.20 Å². The van der Waals surface area contributed by atoms with Crippen LogP contribution in [0.2, 0.25) is 0 Å². The second kappa shape index (κ2) is 5.34. The van der Waals surface area contributed by atoms with E-state index in [0.29, 0.717) is 0 Å². The molecule has 0 saturated carbocycles. The molecule has 0 saturated heterocycles. The van der Waals surface area contributed by atoms with Crippen molar-refractivity contribution in [3.05, 3.63) is 41.9 Å². The summed E-state index contributed by atoms with van der Waals surface area (Å²) in [6, 6.07) is 5.85. The van der Waals surface area contributed by atoms with Crippen LogP contribution in [0.4, 0.5) is 0 Å². The zero-order valence-electron chi connectivity index (χ0n) is 7.33. The molecule has 1 aromatic rings. The Balaban J connectivity index is 2.57. The van der Waals surface area contributed by atoms with Gasteiger partial charge in [-0.1, -0.05) is 19.4 Å². The lowest BCUT2D eigenvalue weighted by atomic mass is 10.3. The fourth-order valence-electron chi connectivity index (χ4n) is 0.833. The molecular weight excluding hydrogens is 146 g/mol. The molecule has 1 rings (SSSR count). The number of hydrogen-bond donors (Lipinski definition) is 0. The first-order valence-electron chi connectivity index (χ1n) is 4.25. The second-order valence-corrected chi connectivity index (χ2v) is 2.56. The van der Waals surface area contributed by atoms with Crippen molar-refractivity contribution in [1.82, 2.24) is 4.98 Å². The van der Waals surface area contributed by atoms with E-state index in [0.717, 1.165) is 12.1 Å². The normalized spacial score (nSPS) is 8.75. The third-order valence-corrected chi connectivity index (χ3v) is 1.47. The van der Waals surface area contributed by atoms with Gasteiger partial charge in [-0.2, -0.15) is 0 Å². The zero-order valence-corrected chi connectivity index (χ0v) is 7.33.